The fourth-order valence-corrected chi connectivity index (χ4v) is 2.99. The first-order valence-electron chi connectivity index (χ1n) is 7.12. The number of benzene rings is 1. The van der Waals surface area contributed by atoms with Crippen LogP contribution in [0.3, 0.4) is 0 Å². The molecule has 0 fully saturated rings. The zero-order valence-electron chi connectivity index (χ0n) is 11.4. The van der Waals surface area contributed by atoms with Crippen molar-refractivity contribution >= 4 is 17.3 Å². The van der Waals surface area contributed by atoms with E-state index in [2.05, 4.69) is 16.8 Å². The molecule has 1 heterocycles. The van der Waals surface area contributed by atoms with Crippen LogP contribution in [0.25, 0.3) is 5.69 Å². The SMILES string of the molecule is OC(=S)CCc1nn(-c2ccccc2)c2c1CCCC2. The van der Waals surface area contributed by atoms with E-state index in [1.165, 1.54) is 24.1 Å². The van der Waals surface area contributed by atoms with E-state index < -0.39 is 0 Å². The van der Waals surface area contributed by atoms with Crippen molar-refractivity contribution in [2.45, 2.75) is 38.5 Å². The summed E-state index contributed by atoms with van der Waals surface area (Å²) in [4.78, 5) is 0. The van der Waals surface area contributed by atoms with Crippen molar-refractivity contribution in [3.63, 3.8) is 0 Å². The second-order valence-corrected chi connectivity index (χ2v) is 5.69. The van der Waals surface area contributed by atoms with E-state index in [0.29, 0.717) is 6.42 Å². The maximum atomic E-state index is 9.24. The number of hydrogen-bond donors (Lipinski definition) is 1. The maximum absolute atomic E-state index is 9.24. The van der Waals surface area contributed by atoms with E-state index in [1.54, 1.807) is 0 Å². The molecule has 1 aromatic heterocycles. The molecule has 0 saturated heterocycles. The fraction of sp³-hybridized carbons (Fsp3) is 0.375. The summed E-state index contributed by atoms with van der Waals surface area (Å²) in [7, 11) is 0. The fourth-order valence-electron chi connectivity index (χ4n) is 2.88. The second kappa shape index (κ2) is 5.75. The zero-order chi connectivity index (χ0) is 13.9. The molecule has 1 aliphatic rings. The highest BCUT2D eigenvalue weighted by atomic mass is 32.1. The third-order valence-corrected chi connectivity index (χ3v) is 4.04. The summed E-state index contributed by atoms with van der Waals surface area (Å²) in [5.41, 5.74) is 4.92. The molecule has 0 unspecified atom stereocenters. The van der Waals surface area contributed by atoms with E-state index in [1.807, 2.05) is 18.2 Å². The first-order chi connectivity index (χ1) is 9.75. The van der Waals surface area contributed by atoms with E-state index in [-0.39, 0.29) is 5.05 Å². The lowest BCUT2D eigenvalue weighted by atomic mass is 9.94. The summed E-state index contributed by atoms with van der Waals surface area (Å²) < 4.78 is 2.07. The summed E-state index contributed by atoms with van der Waals surface area (Å²) in [6.45, 7) is 0. The molecule has 3 rings (SSSR count). The smallest absolute Gasteiger partial charge is 0.156 e. The van der Waals surface area contributed by atoms with E-state index in [4.69, 9.17) is 17.3 Å². The zero-order valence-corrected chi connectivity index (χ0v) is 12.2. The Bertz CT molecular complexity index is 619. The number of aromatic nitrogens is 2. The lowest BCUT2D eigenvalue weighted by molar-refractivity contribution is 0.547. The summed E-state index contributed by atoms with van der Waals surface area (Å²) in [6, 6.07) is 10.3. The van der Waals surface area contributed by atoms with E-state index in [0.717, 1.165) is 30.6 Å². The molecule has 4 heteroatoms. The van der Waals surface area contributed by atoms with Crippen LogP contribution in [0.5, 0.6) is 0 Å². The van der Waals surface area contributed by atoms with Crippen molar-refractivity contribution in [2.75, 3.05) is 0 Å². The van der Waals surface area contributed by atoms with Crippen molar-refractivity contribution in [1.82, 2.24) is 9.78 Å². The number of nitrogens with zero attached hydrogens (tertiary/aromatic N) is 2. The molecule has 0 spiro atoms. The van der Waals surface area contributed by atoms with Gasteiger partial charge < -0.3 is 5.11 Å². The Morgan fingerprint density at radius 1 is 1.20 bits per heavy atom. The molecular weight excluding hydrogens is 268 g/mol. The van der Waals surface area contributed by atoms with Gasteiger partial charge in [-0.05, 0) is 62.0 Å². The van der Waals surface area contributed by atoms with Crippen LogP contribution in [0.2, 0.25) is 0 Å². The lowest BCUT2D eigenvalue weighted by Crippen LogP contribution is -2.07. The van der Waals surface area contributed by atoms with Crippen LogP contribution < -0.4 is 0 Å². The van der Waals surface area contributed by atoms with Crippen molar-refractivity contribution in [2.24, 2.45) is 0 Å². The highest BCUT2D eigenvalue weighted by molar-refractivity contribution is 7.80. The van der Waals surface area contributed by atoms with Crippen molar-refractivity contribution < 1.29 is 5.11 Å². The van der Waals surface area contributed by atoms with Crippen LogP contribution in [-0.4, -0.2) is 19.9 Å². The number of aliphatic hydroxyl groups is 1. The van der Waals surface area contributed by atoms with Gasteiger partial charge in [0.15, 0.2) is 5.05 Å². The normalized spacial score (nSPS) is 14.0. The minimum Gasteiger partial charge on any atom is -0.502 e. The number of fused-ring (bicyclic) bond motifs is 1. The van der Waals surface area contributed by atoms with Crippen LogP contribution in [0.15, 0.2) is 30.3 Å². The third-order valence-electron chi connectivity index (χ3n) is 3.84. The van der Waals surface area contributed by atoms with Crippen molar-refractivity contribution in [1.29, 1.82) is 0 Å². The summed E-state index contributed by atoms with van der Waals surface area (Å²) >= 11 is 4.77. The van der Waals surface area contributed by atoms with Gasteiger partial charge in [-0.15, -0.1) is 0 Å². The minimum atomic E-state index is 0.0730. The standard InChI is InChI=1S/C16H18N2OS/c19-16(20)11-10-14-13-8-4-5-9-15(13)18(17-14)12-6-2-1-3-7-12/h1-3,6-7H,4-5,8-11H2,(H,19,20). The number of aryl methyl sites for hydroxylation is 1. The van der Waals surface area contributed by atoms with E-state index >= 15 is 0 Å². The van der Waals surface area contributed by atoms with Crippen LogP contribution in [0.4, 0.5) is 0 Å². The molecule has 1 aliphatic carbocycles. The highest BCUT2D eigenvalue weighted by Gasteiger charge is 2.21. The van der Waals surface area contributed by atoms with Gasteiger partial charge >= 0.3 is 0 Å². The Balaban J connectivity index is 2.00. The van der Waals surface area contributed by atoms with Gasteiger partial charge in [0, 0.05) is 12.1 Å². The molecule has 0 aliphatic heterocycles. The van der Waals surface area contributed by atoms with E-state index in [9.17, 15) is 5.11 Å². The number of hydrogen-bond acceptors (Lipinski definition) is 2. The maximum Gasteiger partial charge on any atom is 0.156 e. The molecule has 0 bridgehead atoms. The Morgan fingerprint density at radius 3 is 2.70 bits per heavy atom. The summed E-state index contributed by atoms with van der Waals surface area (Å²) in [6.07, 6.45) is 5.88. The molecule has 3 nitrogen and oxygen atoms in total. The van der Waals surface area contributed by atoms with Gasteiger partial charge in [0.1, 0.15) is 0 Å². The van der Waals surface area contributed by atoms with Crippen LogP contribution in [-0.2, 0) is 19.3 Å². The van der Waals surface area contributed by atoms with Gasteiger partial charge in [-0.1, -0.05) is 18.2 Å². The predicted octanol–water partition coefficient (Wildman–Crippen LogP) is 3.57. The predicted molar refractivity (Wildman–Crippen MR) is 83.8 cm³/mol. The van der Waals surface area contributed by atoms with Gasteiger partial charge in [-0.2, -0.15) is 5.10 Å². The van der Waals surface area contributed by atoms with Gasteiger partial charge in [0.25, 0.3) is 0 Å². The Morgan fingerprint density at radius 2 is 1.95 bits per heavy atom. The number of rotatable bonds is 4. The number of aliphatic hydroxyl groups excluding tert-OH is 1. The topological polar surface area (TPSA) is 38.1 Å². The van der Waals surface area contributed by atoms with Crippen molar-refractivity contribution in [3.05, 3.63) is 47.3 Å². The first-order valence-corrected chi connectivity index (χ1v) is 7.53. The van der Waals surface area contributed by atoms with Crippen molar-refractivity contribution in [3.8, 4) is 5.69 Å². The number of thiocarbonyl (C=S) groups is 1. The molecule has 1 aromatic carbocycles. The molecule has 104 valence electrons. The monoisotopic (exact) mass is 286 g/mol. The summed E-state index contributed by atoms with van der Waals surface area (Å²) in [5, 5.41) is 14.1. The second-order valence-electron chi connectivity index (χ2n) is 5.22. The average Bonchev–Trinajstić information content (AvgIpc) is 2.85. The molecule has 1 N–H and O–H groups in total. The van der Waals surface area contributed by atoms with Crippen LogP contribution >= 0.6 is 12.2 Å². The third kappa shape index (κ3) is 2.61. The Kier molecular flexibility index (Phi) is 3.83. The summed E-state index contributed by atoms with van der Waals surface area (Å²) in [5.74, 6) is 0. The Hall–Kier alpha value is -1.68. The quantitative estimate of drug-likeness (QED) is 0.873. The highest BCUT2D eigenvalue weighted by Crippen LogP contribution is 2.27. The molecule has 0 amide bonds. The van der Waals surface area contributed by atoms with Gasteiger partial charge in [0.05, 0.1) is 11.4 Å². The lowest BCUT2D eigenvalue weighted by Gasteiger charge is -2.14. The largest absolute Gasteiger partial charge is 0.502 e. The molecule has 0 saturated carbocycles. The average molecular weight is 286 g/mol. The molecule has 0 radical (unpaired) electrons. The van der Waals surface area contributed by atoms with Crippen LogP contribution in [0.1, 0.15) is 36.2 Å². The van der Waals surface area contributed by atoms with Gasteiger partial charge in [-0.25, -0.2) is 4.68 Å². The molecule has 0 atom stereocenters. The molecule has 2 aromatic rings. The molecular formula is C16H18N2OS. The minimum absolute atomic E-state index is 0.0730. The number of para-hydroxylation sites is 1. The molecule has 20 heavy (non-hydrogen) atoms. The first kappa shape index (κ1) is 13.3. The van der Waals surface area contributed by atoms with Gasteiger partial charge in [-0.3, -0.25) is 0 Å². The van der Waals surface area contributed by atoms with Crippen LogP contribution in [0, 0.1) is 0 Å². The Labute approximate surface area is 124 Å². The van der Waals surface area contributed by atoms with Gasteiger partial charge in [0.2, 0.25) is 0 Å².